The van der Waals surface area contributed by atoms with Crippen molar-refractivity contribution >= 4 is 51.7 Å². The minimum atomic E-state index is 0.00941. The summed E-state index contributed by atoms with van der Waals surface area (Å²) >= 11 is 12.2. The Morgan fingerprint density at radius 1 is 1.19 bits per heavy atom. The molecule has 106 valence electrons. The number of halogens is 2. The van der Waals surface area contributed by atoms with Crippen LogP contribution in [0.1, 0.15) is 17.3 Å². The molecule has 0 aliphatic rings. The molecule has 4 nitrogen and oxygen atoms in total. The first-order chi connectivity index (χ1) is 10.0. The van der Waals surface area contributed by atoms with Crippen molar-refractivity contribution in [1.29, 1.82) is 0 Å². The molecular formula is C15H11Cl2N3O. The van der Waals surface area contributed by atoms with Crippen molar-refractivity contribution < 1.29 is 4.79 Å². The van der Waals surface area contributed by atoms with Gasteiger partial charge in [-0.05, 0) is 37.3 Å². The third-order valence-electron chi connectivity index (χ3n) is 3.09. The van der Waals surface area contributed by atoms with E-state index in [9.17, 15) is 4.79 Å². The Hall–Kier alpha value is -2.04. The lowest BCUT2D eigenvalue weighted by molar-refractivity contribution is 0.101. The number of Topliss-reactive ketones (excluding diaryl/α,β-unsaturated/α-hetero) is 1. The summed E-state index contributed by atoms with van der Waals surface area (Å²) in [5.41, 5.74) is 2.75. The number of aromatic amines is 1. The summed E-state index contributed by atoms with van der Waals surface area (Å²) in [4.78, 5) is 18.9. The third-order valence-corrected chi connectivity index (χ3v) is 3.72. The number of imidazole rings is 1. The van der Waals surface area contributed by atoms with Crippen LogP contribution in [0.4, 0.5) is 11.6 Å². The minimum Gasteiger partial charge on any atom is -0.324 e. The average molecular weight is 320 g/mol. The molecule has 0 saturated carbocycles. The van der Waals surface area contributed by atoms with Crippen molar-refractivity contribution in [3.63, 3.8) is 0 Å². The fourth-order valence-corrected chi connectivity index (χ4v) is 2.52. The summed E-state index contributed by atoms with van der Waals surface area (Å²) in [5.74, 6) is 0.524. The van der Waals surface area contributed by atoms with Crippen LogP contribution in [-0.2, 0) is 0 Å². The van der Waals surface area contributed by atoms with E-state index in [0.717, 1.165) is 11.0 Å². The highest BCUT2D eigenvalue weighted by atomic mass is 35.5. The molecule has 0 aliphatic heterocycles. The van der Waals surface area contributed by atoms with E-state index in [2.05, 4.69) is 15.3 Å². The number of ketones is 1. The van der Waals surface area contributed by atoms with Gasteiger partial charge in [0.05, 0.1) is 26.8 Å². The zero-order valence-electron chi connectivity index (χ0n) is 11.1. The van der Waals surface area contributed by atoms with Gasteiger partial charge in [0.1, 0.15) is 0 Å². The lowest BCUT2D eigenvalue weighted by Gasteiger charge is -2.06. The first kappa shape index (κ1) is 13.9. The fourth-order valence-electron chi connectivity index (χ4n) is 2.02. The van der Waals surface area contributed by atoms with E-state index < -0.39 is 0 Å². The molecule has 0 saturated heterocycles. The lowest BCUT2D eigenvalue weighted by atomic mass is 10.1. The summed E-state index contributed by atoms with van der Waals surface area (Å²) < 4.78 is 0. The van der Waals surface area contributed by atoms with Crippen molar-refractivity contribution in [2.75, 3.05) is 5.32 Å². The highest BCUT2D eigenvalue weighted by Gasteiger charge is 2.09. The molecule has 0 spiro atoms. The number of nitrogens with one attached hydrogen (secondary N) is 2. The first-order valence-corrected chi connectivity index (χ1v) is 7.02. The molecule has 21 heavy (non-hydrogen) atoms. The van der Waals surface area contributed by atoms with Gasteiger partial charge in [-0.15, -0.1) is 0 Å². The number of rotatable bonds is 3. The van der Waals surface area contributed by atoms with Gasteiger partial charge in [-0.1, -0.05) is 29.3 Å². The molecule has 0 atom stereocenters. The number of anilines is 2. The fraction of sp³-hybridized carbons (Fsp3) is 0.0667. The van der Waals surface area contributed by atoms with Gasteiger partial charge in [-0.25, -0.2) is 4.98 Å². The molecule has 1 aromatic heterocycles. The second kappa shape index (κ2) is 5.39. The van der Waals surface area contributed by atoms with Crippen molar-refractivity contribution in [1.82, 2.24) is 9.97 Å². The lowest BCUT2D eigenvalue weighted by Crippen LogP contribution is -1.94. The standard InChI is InChI=1S/C15H11Cl2N3O/c1-8(21)9-5-6-12-13(7-9)19-15(18-12)20-14-10(16)3-2-4-11(14)17/h2-7H,1H3,(H2,18,19,20). The zero-order chi connectivity index (χ0) is 15.0. The molecule has 0 amide bonds. The molecule has 0 fully saturated rings. The second-order valence-electron chi connectivity index (χ2n) is 4.60. The number of hydrogen-bond donors (Lipinski definition) is 2. The number of hydrogen-bond acceptors (Lipinski definition) is 3. The summed E-state index contributed by atoms with van der Waals surface area (Å²) in [6.45, 7) is 1.53. The van der Waals surface area contributed by atoms with Gasteiger partial charge in [-0.2, -0.15) is 0 Å². The molecule has 0 bridgehead atoms. The van der Waals surface area contributed by atoms with E-state index in [1.165, 1.54) is 6.92 Å². The number of carbonyl (C=O) groups is 1. The monoisotopic (exact) mass is 319 g/mol. The Kier molecular flexibility index (Phi) is 3.57. The summed E-state index contributed by atoms with van der Waals surface area (Å²) in [5, 5.41) is 4.08. The van der Waals surface area contributed by atoms with E-state index in [4.69, 9.17) is 23.2 Å². The van der Waals surface area contributed by atoms with E-state index in [1.54, 1.807) is 36.4 Å². The average Bonchev–Trinajstić information content (AvgIpc) is 2.84. The van der Waals surface area contributed by atoms with Gasteiger partial charge in [0.25, 0.3) is 0 Å². The van der Waals surface area contributed by atoms with Crippen LogP contribution < -0.4 is 5.32 Å². The predicted molar refractivity (Wildman–Crippen MR) is 85.8 cm³/mol. The van der Waals surface area contributed by atoms with Crippen molar-refractivity contribution in [3.8, 4) is 0 Å². The molecule has 2 aromatic carbocycles. The molecule has 3 aromatic rings. The summed E-state index contributed by atoms with van der Waals surface area (Å²) in [7, 11) is 0. The predicted octanol–water partition coefficient (Wildman–Crippen LogP) is 4.82. The van der Waals surface area contributed by atoms with Crippen LogP contribution in [-0.4, -0.2) is 15.8 Å². The molecule has 2 N–H and O–H groups in total. The Balaban J connectivity index is 2.00. The van der Waals surface area contributed by atoms with Crippen molar-refractivity contribution in [2.24, 2.45) is 0 Å². The largest absolute Gasteiger partial charge is 0.324 e. The molecule has 0 radical (unpaired) electrons. The number of fused-ring (bicyclic) bond motifs is 1. The maximum absolute atomic E-state index is 11.4. The SMILES string of the molecule is CC(=O)c1ccc2nc(Nc3c(Cl)cccc3Cl)[nH]c2c1. The molecule has 0 aliphatic carbocycles. The smallest absolute Gasteiger partial charge is 0.205 e. The van der Waals surface area contributed by atoms with Gasteiger partial charge >= 0.3 is 0 Å². The highest BCUT2D eigenvalue weighted by Crippen LogP contribution is 2.32. The van der Waals surface area contributed by atoms with Crippen LogP contribution in [0.5, 0.6) is 0 Å². The van der Waals surface area contributed by atoms with E-state index in [1.807, 2.05) is 0 Å². The van der Waals surface area contributed by atoms with Crippen LogP contribution in [0, 0.1) is 0 Å². The topological polar surface area (TPSA) is 57.8 Å². The number of aromatic nitrogens is 2. The molecule has 0 unspecified atom stereocenters. The van der Waals surface area contributed by atoms with Gasteiger partial charge in [0.2, 0.25) is 5.95 Å². The Morgan fingerprint density at radius 3 is 2.57 bits per heavy atom. The van der Waals surface area contributed by atoms with Gasteiger partial charge < -0.3 is 10.3 Å². The van der Waals surface area contributed by atoms with Crippen LogP contribution in [0.2, 0.25) is 10.0 Å². The molecular weight excluding hydrogens is 309 g/mol. The minimum absolute atomic E-state index is 0.00941. The van der Waals surface area contributed by atoms with Crippen LogP contribution in [0.3, 0.4) is 0 Å². The quantitative estimate of drug-likeness (QED) is 0.681. The number of nitrogens with zero attached hydrogens (tertiary/aromatic N) is 1. The van der Waals surface area contributed by atoms with Crippen molar-refractivity contribution in [2.45, 2.75) is 6.92 Å². The van der Waals surface area contributed by atoms with Gasteiger partial charge in [0, 0.05) is 5.56 Å². The summed E-state index contributed by atoms with van der Waals surface area (Å²) in [6.07, 6.45) is 0. The van der Waals surface area contributed by atoms with Gasteiger partial charge in [0.15, 0.2) is 5.78 Å². The molecule has 3 rings (SSSR count). The highest BCUT2D eigenvalue weighted by molar-refractivity contribution is 6.39. The van der Waals surface area contributed by atoms with Crippen molar-refractivity contribution in [3.05, 3.63) is 52.0 Å². The number of benzene rings is 2. The van der Waals surface area contributed by atoms with Crippen LogP contribution >= 0.6 is 23.2 Å². The van der Waals surface area contributed by atoms with E-state index >= 15 is 0 Å². The number of para-hydroxylation sites is 1. The first-order valence-electron chi connectivity index (χ1n) is 6.26. The van der Waals surface area contributed by atoms with E-state index in [0.29, 0.717) is 27.2 Å². The Morgan fingerprint density at radius 2 is 1.90 bits per heavy atom. The Bertz CT molecular complexity index is 822. The maximum atomic E-state index is 11.4. The third kappa shape index (κ3) is 2.73. The normalized spacial score (nSPS) is 10.8. The zero-order valence-corrected chi connectivity index (χ0v) is 12.6. The number of carbonyl (C=O) groups excluding carboxylic acids is 1. The van der Waals surface area contributed by atoms with Crippen LogP contribution in [0.25, 0.3) is 11.0 Å². The maximum Gasteiger partial charge on any atom is 0.205 e. The Labute approximate surface area is 131 Å². The van der Waals surface area contributed by atoms with Crippen LogP contribution in [0.15, 0.2) is 36.4 Å². The van der Waals surface area contributed by atoms with E-state index in [-0.39, 0.29) is 5.78 Å². The van der Waals surface area contributed by atoms with Gasteiger partial charge in [-0.3, -0.25) is 4.79 Å². The summed E-state index contributed by atoms with van der Waals surface area (Å²) in [6, 6.07) is 10.6. The molecule has 1 heterocycles. The molecule has 6 heteroatoms. The second-order valence-corrected chi connectivity index (χ2v) is 5.41. The number of H-pyrrole nitrogens is 1.